The zero-order chi connectivity index (χ0) is 37.5. The average molecular weight is 738 g/mol. The van der Waals surface area contributed by atoms with Crippen LogP contribution in [-0.4, -0.2) is 49.3 Å². The molecule has 0 amide bonds. The lowest BCUT2D eigenvalue weighted by atomic mass is 10.1. The summed E-state index contributed by atoms with van der Waals surface area (Å²) in [6, 6.07) is 0. The number of hydrogen-bond acceptors (Lipinski definition) is 8. The van der Waals surface area contributed by atoms with E-state index < -0.39 is 32.5 Å². The summed E-state index contributed by atoms with van der Waals surface area (Å²) >= 11 is 0. The Kier molecular flexibility index (Phi) is 35.8. The van der Waals surface area contributed by atoms with E-state index in [0.717, 1.165) is 70.6 Å². The normalized spacial score (nSPS) is 14.0. The van der Waals surface area contributed by atoms with E-state index in [1.807, 2.05) is 0 Å². The molecular weight excluding hydrogens is 665 g/mol. The van der Waals surface area contributed by atoms with E-state index in [2.05, 4.69) is 74.6 Å². The van der Waals surface area contributed by atoms with E-state index in [0.29, 0.717) is 6.42 Å². The highest BCUT2D eigenvalue weighted by Crippen LogP contribution is 2.43. The number of unbranched alkanes of at least 4 members (excludes halogenated alkanes) is 13. The third kappa shape index (κ3) is 37.3. The Morgan fingerprint density at radius 3 is 1.67 bits per heavy atom. The molecular formula is C41H72NO8P. The lowest BCUT2D eigenvalue weighted by molar-refractivity contribution is -0.161. The lowest BCUT2D eigenvalue weighted by Crippen LogP contribution is -2.29. The molecule has 0 radical (unpaired) electrons. The van der Waals surface area contributed by atoms with Gasteiger partial charge in [-0.1, -0.05) is 126 Å². The average Bonchev–Trinajstić information content (AvgIpc) is 3.11. The standard InChI is InChI=1S/C41H72NO8P/c1-3-5-7-9-11-13-15-17-19-21-23-25-27-29-31-33-40(43)47-37-39(38-49-51(45,46)48-36-35-42)50-41(44)34-32-30-28-26-24-22-20-18-16-14-12-10-8-6-4-2/h6,8,12-15,18,20,24,26,39H,3-5,7,9-11,16-17,19,21-23,25,27-38,42H2,1-2H3,(H,45,46). The molecule has 2 atom stereocenters. The number of nitrogens with two attached hydrogens (primary N) is 1. The molecule has 0 saturated carbocycles. The fourth-order valence-electron chi connectivity index (χ4n) is 4.97. The van der Waals surface area contributed by atoms with Crippen molar-refractivity contribution in [1.29, 1.82) is 0 Å². The minimum Gasteiger partial charge on any atom is -0.462 e. The van der Waals surface area contributed by atoms with Gasteiger partial charge in [-0.15, -0.1) is 0 Å². The van der Waals surface area contributed by atoms with E-state index in [9.17, 15) is 19.0 Å². The van der Waals surface area contributed by atoms with Crippen LogP contribution in [0.5, 0.6) is 0 Å². The highest BCUT2D eigenvalue weighted by Gasteiger charge is 2.25. The summed E-state index contributed by atoms with van der Waals surface area (Å²) in [7, 11) is -4.39. The molecule has 0 rings (SSSR count). The van der Waals surface area contributed by atoms with Gasteiger partial charge in [0.1, 0.15) is 6.61 Å². The van der Waals surface area contributed by atoms with Crippen molar-refractivity contribution < 1.29 is 37.6 Å². The third-order valence-electron chi connectivity index (χ3n) is 7.89. The van der Waals surface area contributed by atoms with Crippen molar-refractivity contribution in [2.75, 3.05) is 26.4 Å². The first-order valence-corrected chi connectivity index (χ1v) is 21.3. The molecule has 0 aromatic carbocycles. The van der Waals surface area contributed by atoms with Crippen LogP contribution in [0.15, 0.2) is 60.8 Å². The van der Waals surface area contributed by atoms with Gasteiger partial charge in [-0.2, -0.15) is 0 Å². The van der Waals surface area contributed by atoms with Crippen LogP contribution in [0, 0.1) is 0 Å². The molecule has 0 aromatic heterocycles. The predicted octanol–water partition coefficient (Wildman–Crippen LogP) is 10.9. The molecule has 0 aliphatic carbocycles. The minimum atomic E-state index is -4.39. The minimum absolute atomic E-state index is 0.0434. The molecule has 3 N–H and O–H groups in total. The zero-order valence-electron chi connectivity index (χ0n) is 32.1. The molecule has 51 heavy (non-hydrogen) atoms. The largest absolute Gasteiger partial charge is 0.472 e. The summed E-state index contributed by atoms with van der Waals surface area (Å²) in [5, 5.41) is 0. The van der Waals surface area contributed by atoms with Gasteiger partial charge in [-0.25, -0.2) is 4.57 Å². The summed E-state index contributed by atoms with van der Waals surface area (Å²) in [5.74, 6) is -0.888. The van der Waals surface area contributed by atoms with Crippen molar-refractivity contribution in [3.63, 3.8) is 0 Å². The number of phosphoric acid groups is 1. The monoisotopic (exact) mass is 737 g/mol. The predicted molar refractivity (Wildman–Crippen MR) is 210 cm³/mol. The van der Waals surface area contributed by atoms with Crippen molar-refractivity contribution in [1.82, 2.24) is 0 Å². The van der Waals surface area contributed by atoms with Crippen LogP contribution in [0.3, 0.4) is 0 Å². The van der Waals surface area contributed by atoms with Crippen LogP contribution in [0.1, 0.15) is 155 Å². The van der Waals surface area contributed by atoms with Gasteiger partial charge in [0.05, 0.1) is 13.2 Å². The molecule has 10 heteroatoms. The van der Waals surface area contributed by atoms with Gasteiger partial charge in [-0.05, 0) is 77.0 Å². The van der Waals surface area contributed by atoms with E-state index >= 15 is 0 Å². The Balaban J connectivity index is 4.29. The van der Waals surface area contributed by atoms with Crippen LogP contribution in [0.4, 0.5) is 0 Å². The second-order valence-electron chi connectivity index (χ2n) is 12.8. The fourth-order valence-corrected chi connectivity index (χ4v) is 5.74. The molecule has 0 fully saturated rings. The van der Waals surface area contributed by atoms with Crippen molar-refractivity contribution in [3.8, 4) is 0 Å². The van der Waals surface area contributed by atoms with Gasteiger partial charge in [0.2, 0.25) is 0 Å². The second-order valence-corrected chi connectivity index (χ2v) is 14.2. The van der Waals surface area contributed by atoms with Crippen LogP contribution in [0.25, 0.3) is 0 Å². The molecule has 0 aliphatic rings. The maximum atomic E-state index is 12.5. The third-order valence-corrected chi connectivity index (χ3v) is 8.87. The Morgan fingerprint density at radius 2 is 1.08 bits per heavy atom. The summed E-state index contributed by atoms with van der Waals surface area (Å²) in [5.41, 5.74) is 5.33. The second kappa shape index (κ2) is 37.5. The number of allylic oxidation sites excluding steroid dienone is 10. The van der Waals surface area contributed by atoms with E-state index in [1.54, 1.807) is 0 Å². The molecule has 0 bridgehead atoms. The summed E-state index contributed by atoms with van der Waals surface area (Å²) in [6.07, 6.45) is 42.5. The van der Waals surface area contributed by atoms with Crippen LogP contribution in [-0.2, 0) is 32.7 Å². The number of carbonyl (C=O) groups excluding carboxylic acids is 2. The summed E-state index contributed by atoms with van der Waals surface area (Å²) < 4.78 is 32.6. The van der Waals surface area contributed by atoms with E-state index in [-0.39, 0.29) is 32.6 Å². The van der Waals surface area contributed by atoms with Crippen molar-refractivity contribution in [2.45, 2.75) is 161 Å². The molecule has 0 spiro atoms. The first-order chi connectivity index (χ1) is 24.8. The molecule has 294 valence electrons. The Hall–Kier alpha value is -2.29. The zero-order valence-corrected chi connectivity index (χ0v) is 33.0. The SMILES string of the molecule is CCC=CCC=CCC=CCC=CCCCCC(=O)OC(COC(=O)CCCCCCCCCC=CCCCCCC)COP(=O)(O)OCCN. The number of phosphoric ester groups is 1. The quantitative estimate of drug-likeness (QED) is 0.0279. The maximum absolute atomic E-state index is 12.5. The molecule has 0 aromatic rings. The van der Waals surface area contributed by atoms with Crippen molar-refractivity contribution in [3.05, 3.63) is 60.8 Å². The van der Waals surface area contributed by atoms with Gasteiger partial charge in [0, 0.05) is 19.4 Å². The Labute approximate surface area is 310 Å². The Bertz CT molecular complexity index is 1020. The van der Waals surface area contributed by atoms with E-state index in [4.69, 9.17) is 24.3 Å². The lowest BCUT2D eigenvalue weighted by Gasteiger charge is -2.19. The first-order valence-electron chi connectivity index (χ1n) is 19.8. The van der Waals surface area contributed by atoms with Gasteiger partial charge in [0.15, 0.2) is 6.10 Å². The highest BCUT2D eigenvalue weighted by atomic mass is 31.2. The Morgan fingerprint density at radius 1 is 0.608 bits per heavy atom. The number of esters is 2. The highest BCUT2D eigenvalue weighted by molar-refractivity contribution is 7.47. The molecule has 2 unspecified atom stereocenters. The molecule has 0 heterocycles. The smallest absolute Gasteiger partial charge is 0.462 e. The van der Waals surface area contributed by atoms with Crippen molar-refractivity contribution >= 4 is 19.8 Å². The van der Waals surface area contributed by atoms with Crippen LogP contribution >= 0.6 is 7.82 Å². The number of carbonyl (C=O) groups is 2. The summed E-state index contributed by atoms with van der Waals surface area (Å²) in [6.45, 7) is 3.53. The van der Waals surface area contributed by atoms with Gasteiger partial charge >= 0.3 is 19.8 Å². The topological polar surface area (TPSA) is 134 Å². The number of ether oxygens (including phenoxy) is 2. The fraction of sp³-hybridized carbons (Fsp3) is 0.707. The number of rotatable bonds is 36. The summed E-state index contributed by atoms with van der Waals surface area (Å²) in [4.78, 5) is 34.7. The molecule has 9 nitrogen and oxygen atoms in total. The van der Waals surface area contributed by atoms with E-state index in [1.165, 1.54) is 51.4 Å². The molecule has 0 aliphatic heterocycles. The van der Waals surface area contributed by atoms with Gasteiger partial charge in [0.25, 0.3) is 0 Å². The maximum Gasteiger partial charge on any atom is 0.472 e. The first kappa shape index (κ1) is 48.7. The number of hydrogen-bond donors (Lipinski definition) is 2. The van der Waals surface area contributed by atoms with Gasteiger partial charge in [-0.3, -0.25) is 18.6 Å². The van der Waals surface area contributed by atoms with Crippen LogP contribution in [0.2, 0.25) is 0 Å². The molecule has 0 saturated heterocycles. The van der Waals surface area contributed by atoms with Crippen LogP contribution < -0.4 is 5.73 Å². The van der Waals surface area contributed by atoms with Crippen molar-refractivity contribution in [2.24, 2.45) is 5.73 Å². The van der Waals surface area contributed by atoms with Gasteiger partial charge < -0.3 is 20.1 Å².